The van der Waals surface area contributed by atoms with E-state index < -0.39 is 20.2 Å². The van der Waals surface area contributed by atoms with E-state index in [0.717, 1.165) is 8.61 Å². The van der Waals surface area contributed by atoms with Gasteiger partial charge in [0.15, 0.2) is 5.03 Å². The van der Waals surface area contributed by atoms with Crippen molar-refractivity contribution in [2.75, 3.05) is 26.2 Å². The van der Waals surface area contributed by atoms with Crippen LogP contribution in [0.5, 0.6) is 0 Å². The lowest BCUT2D eigenvalue weighted by Crippen LogP contribution is -2.52. The van der Waals surface area contributed by atoms with Gasteiger partial charge in [-0.05, 0) is 0 Å². The number of hydrogen-bond donors (Lipinski definition) is 1. The number of rotatable bonds is 3. The van der Waals surface area contributed by atoms with Gasteiger partial charge in [0.25, 0.3) is 20.2 Å². The summed E-state index contributed by atoms with van der Waals surface area (Å²) < 4.78 is 50.6. The Balaban J connectivity index is 2.22. The summed E-state index contributed by atoms with van der Waals surface area (Å²) in [5, 5.41) is 8.71. The summed E-state index contributed by atoms with van der Waals surface area (Å²) in [6.07, 6.45) is 1.25. The second kappa shape index (κ2) is 5.24. The third kappa shape index (κ3) is 2.82. The van der Waals surface area contributed by atoms with Crippen LogP contribution >= 0.6 is 11.6 Å². The second-order valence-electron chi connectivity index (χ2n) is 4.27. The minimum Gasteiger partial charge on any atom is -0.255 e. The predicted molar refractivity (Wildman–Crippen MR) is 71.7 cm³/mol. The molecule has 1 aliphatic rings. The predicted octanol–water partition coefficient (Wildman–Crippen LogP) is -1.42. The van der Waals surface area contributed by atoms with Crippen LogP contribution in [0.4, 0.5) is 0 Å². The largest absolute Gasteiger partial charge is 0.276 e. The Morgan fingerprint density at radius 2 is 1.65 bits per heavy atom. The number of hydrogen-bond acceptors (Lipinski definition) is 5. The van der Waals surface area contributed by atoms with Gasteiger partial charge in [-0.3, -0.25) is 4.68 Å². The van der Waals surface area contributed by atoms with Crippen LogP contribution in [0.1, 0.15) is 0 Å². The standard InChI is InChI=1S/C8H14ClN5O4S2/c1-12-8(7(9)6-11-12)19(15,16)13-2-4-14(5-3-13)20(10,17)18/h6H,2-5H2,1H3,(H2,10,17,18). The molecular formula is C8H14ClN5O4S2. The van der Waals surface area contributed by atoms with E-state index in [-0.39, 0.29) is 36.2 Å². The lowest BCUT2D eigenvalue weighted by Gasteiger charge is -2.32. The van der Waals surface area contributed by atoms with Crippen LogP contribution in [-0.2, 0) is 27.3 Å². The minimum absolute atomic E-state index is 0.00747. The molecule has 0 amide bonds. The van der Waals surface area contributed by atoms with Crippen LogP contribution in [0, 0.1) is 0 Å². The maximum atomic E-state index is 12.4. The molecule has 1 fully saturated rings. The van der Waals surface area contributed by atoms with Crippen molar-refractivity contribution in [1.29, 1.82) is 0 Å². The molecule has 0 aliphatic carbocycles. The summed E-state index contributed by atoms with van der Waals surface area (Å²) in [5.74, 6) is 0. The number of nitrogens with two attached hydrogens (primary N) is 1. The van der Waals surface area contributed by atoms with E-state index in [1.54, 1.807) is 0 Å². The fraction of sp³-hybridized carbons (Fsp3) is 0.625. The molecule has 0 aromatic carbocycles. The zero-order valence-electron chi connectivity index (χ0n) is 10.6. The highest BCUT2D eigenvalue weighted by Gasteiger charge is 2.34. The molecule has 2 N–H and O–H groups in total. The fourth-order valence-corrected chi connectivity index (χ4v) is 4.68. The van der Waals surface area contributed by atoms with E-state index in [1.807, 2.05) is 0 Å². The highest BCUT2D eigenvalue weighted by Crippen LogP contribution is 2.24. The van der Waals surface area contributed by atoms with Crippen molar-refractivity contribution in [3.8, 4) is 0 Å². The molecule has 0 spiro atoms. The lowest BCUT2D eigenvalue weighted by atomic mass is 10.4. The van der Waals surface area contributed by atoms with Crippen molar-refractivity contribution < 1.29 is 16.8 Å². The number of sulfonamides is 1. The van der Waals surface area contributed by atoms with E-state index in [0.29, 0.717) is 0 Å². The summed E-state index contributed by atoms with van der Waals surface area (Å²) in [7, 11) is -6.13. The maximum Gasteiger partial charge on any atom is 0.276 e. The van der Waals surface area contributed by atoms with Crippen LogP contribution in [0.3, 0.4) is 0 Å². The summed E-state index contributed by atoms with van der Waals surface area (Å²) in [6, 6.07) is 0. The van der Waals surface area contributed by atoms with Crippen LogP contribution in [-0.4, -0.2) is 61.4 Å². The Hall–Kier alpha value is -0.720. The highest BCUT2D eigenvalue weighted by molar-refractivity contribution is 7.89. The van der Waals surface area contributed by atoms with Crippen molar-refractivity contribution in [2.24, 2.45) is 12.2 Å². The van der Waals surface area contributed by atoms with Gasteiger partial charge in [0, 0.05) is 33.2 Å². The molecular weight excluding hydrogens is 330 g/mol. The van der Waals surface area contributed by atoms with Crippen LogP contribution in [0.15, 0.2) is 11.2 Å². The van der Waals surface area contributed by atoms with E-state index in [4.69, 9.17) is 16.7 Å². The first-order valence-electron chi connectivity index (χ1n) is 5.59. The van der Waals surface area contributed by atoms with Gasteiger partial charge in [-0.1, -0.05) is 11.6 Å². The zero-order chi connectivity index (χ0) is 15.1. The van der Waals surface area contributed by atoms with Crippen molar-refractivity contribution in [1.82, 2.24) is 18.4 Å². The average Bonchev–Trinajstić information content (AvgIpc) is 2.68. The SMILES string of the molecule is Cn1ncc(Cl)c1S(=O)(=O)N1CCN(S(N)(=O)=O)CC1. The van der Waals surface area contributed by atoms with Gasteiger partial charge in [-0.15, -0.1) is 0 Å². The molecule has 0 saturated carbocycles. The first kappa shape index (κ1) is 15.7. The van der Waals surface area contributed by atoms with Crippen LogP contribution in [0.2, 0.25) is 5.02 Å². The normalized spacial score (nSPS) is 19.4. The van der Waals surface area contributed by atoms with E-state index in [9.17, 15) is 16.8 Å². The van der Waals surface area contributed by atoms with Crippen molar-refractivity contribution in [3.63, 3.8) is 0 Å². The van der Waals surface area contributed by atoms with Gasteiger partial charge in [0.2, 0.25) is 0 Å². The monoisotopic (exact) mass is 343 g/mol. The van der Waals surface area contributed by atoms with Gasteiger partial charge < -0.3 is 0 Å². The Labute approximate surface area is 122 Å². The molecule has 1 saturated heterocycles. The summed E-state index contributed by atoms with van der Waals surface area (Å²) in [6.45, 7) is 0.0433. The first-order valence-corrected chi connectivity index (χ1v) is 8.91. The summed E-state index contributed by atoms with van der Waals surface area (Å²) in [4.78, 5) is 0. The number of nitrogens with zero attached hydrogens (tertiary/aromatic N) is 4. The molecule has 12 heteroatoms. The molecule has 0 radical (unpaired) electrons. The minimum atomic E-state index is -3.81. The maximum absolute atomic E-state index is 12.4. The van der Waals surface area contributed by atoms with Gasteiger partial charge in [0.1, 0.15) is 0 Å². The Kier molecular flexibility index (Phi) is 4.10. The molecule has 1 aliphatic heterocycles. The van der Waals surface area contributed by atoms with E-state index in [1.165, 1.54) is 17.9 Å². The zero-order valence-corrected chi connectivity index (χ0v) is 13.0. The molecule has 0 bridgehead atoms. The van der Waals surface area contributed by atoms with Crippen molar-refractivity contribution >= 4 is 31.8 Å². The summed E-state index contributed by atoms with van der Waals surface area (Å²) >= 11 is 5.83. The molecule has 9 nitrogen and oxygen atoms in total. The quantitative estimate of drug-likeness (QED) is 0.722. The number of halogens is 1. The van der Waals surface area contributed by atoms with E-state index in [2.05, 4.69) is 5.10 Å². The number of aromatic nitrogens is 2. The molecule has 0 atom stereocenters. The van der Waals surface area contributed by atoms with Crippen molar-refractivity contribution in [3.05, 3.63) is 11.2 Å². The number of piperazine rings is 1. The average molecular weight is 344 g/mol. The van der Waals surface area contributed by atoms with Gasteiger partial charge in [-0.25, -0.2) is 13.6 Å². The Bertz CT molecular complexity index is 686. The molecule has 20 heavy (non-hydrogen) atoms. The van der Waals surface area contributed by atoms with E-state index >= 15 is 0 Å². The van der Waals surface area contributed by atoms with Gasteiger partial charge in [0.05, 0.1) is 11.2 Å². The Morgan fingerprint density at radius 3 is 2.05 bits per heavy atom. The molecule has 2 heterocycles. The third-order valence-electron chi connectivity index (χ3n) is 2.98. The Morgan fingerprint density at radius 1 is 1.15 bits per heavy atom. The first-order chi connectivity index (χ1) is 9.14. The molecule has 114 valence electrons. The van der Waals surface area contributed by atoms with Gasteiger partial charge in [-0.2, -0.15) is 22.1 Å². The van der Waals surface area contributed by atoms with Crippen molar-refractivity contribution in [2.45, 2.75) is 5.03 Å². The molecule has 1 aromatic rings. The number of aryl methyl sites for hydroxylation is 1. The molecule has 2 rings (SSSR count). The van der Waals surface area contributed by atoms with Crippen LogP contribution in [0.25, 0.3) is 0 Å². The highest BCUT2D eigenvalue weighted by atomic mass is 35.5. The molecule has 1 aromatic heterocycles. The smallest absolute Gasteiger partial charge is 0.255 e. The van der Waals surface area contributed by atoms with Crippen LogP contribution < -0.4 is 5.14 Å². The van der Waals surface area contributed by atoms with Gasteiger partial charge >= 0.3 is 0 Å². The second-order valence-corrected chi connectivity index (χ2v) is 8.08. The summed E-state index contributed by atoms with van der Waals surface area (Å²) in [5.41, 5.74) is 0. The lowest BCUT2D eigenvalue weighted by molar-refractivity contribution is 0.271. The fourth-order valence-electron chi connectivity index (χ4n) is 1.98. The third-order valence-corrected chi connectivity index (χ3v) is 6.48. The molecule has 0 unspecified atom stereocenters. The topological polar surface area (TPSA) is 119 Å².